The van der Waals surface area contributed by atoms with E-state index >= 15 is 0 Å². The van der Waals surface area contributed by atoms with Gasteiger partial charge in [-0.15, -0.1) is 0 Å². The molecule has 3 rings (SSSR count). The zero-order valence-corrected chi connectivity index (χ0v) is 17.9. The molecule has 0 bridgehead atoms. The van der Waals surface area contributed by atoms with E-state index in [-0.39, 0.29) is 12.0 Å². The summed E-state index contributed by atoms with van der Waals surface area (Å²) in [5, 5.41) is 0. The Balaban J connectivity index is 1.86. The number of carbonyl (C=O) groups excluding carboxylic acids is 1. The third-order valence-electron chi connectivity index (χ3n) is 3.70. The molecule has 0 saturated carbocycles. The van der Waals surface area contributed by atoms with Crippen molar-refractivity contribution in [3.8, 4) is 5.75 Å². The first-order chi connectivity index (χ1) is 12.3. The Morgan fingerprint density at radius 1 is 1.19 bits per heavy atom. The van der Waals surface area contributed by atoms with Crippen molar-refractivity contribution < 1.29 is 9.53 Å². The van der Waals surface area contributed by atoms with Crippen molar-refractivity contribution in [3.63, 3.8) is 0 Å². The van der Waals surface area contributed by atoms with Gasteiger partial charge in [-0.25, -0.2) is 0 Å². The van der Waals surface area contributed by atoms with Gasteiger partial charge in [0.25, 0.3) is 5.91 Å². The van der Waals surface area contributed by atoms with Gasteiger partial charge in [0.1, 0.15) is 5.75 Å². The topological polar surface area (TPSA) is 29.5 Å². The average molecular weight is 448 g/mol. The Labute approximate surface area is 171 Å². The van der Waals surface area contributed by atoms with Gasteiger partial charge in [0, 0.05) is 0 Å². The van der Waals surface area contributed by atoms with Crippen LogP contribution in [0.15, 0.2) is 51.8 Å². The van der Waals surface area contributed by atoms with E-state index in [9.17, 15) is 4.79 Å². The van der Waals surface area contributed by atoms with Gasteiger partial charge >= 0.3 is 0 Å². The number of aryl methyl sites for hydroxylation is 1. The Morgan fingerprint density at radius 2 is 1.88 bits per heavy atom. The summed E-state index contributed by atoms with van der Waals surface area (Å²) in [6.07, 6.45) is 1.96. The van der Waals surface area contributed by atoms with Crippen molar-refractivity contribution in [2.45, 2.75) is 26.9 Å². The molecule has 0 radical (unpaired) electrons. The molecule has 2 aromatic rings. The molecule has 6 heteroatoms. The lowest BCUT2D eigenvalue weighted by Gasteiger charge is -2.14. The molecule has 1 aliphatic rings. The minimum Gasteiger partial charge on any atom is -0.490 e. The summed E-state index contributed by atoms with van der Waals surface area (Å²) in [5.74, 6) is 0.687. The Hall–Kier alpha value is -1.63. The summed E-state index contributed by atoms with van der Waals surface area (Å²) in [4.78, 5) is 15.0. The summed E-state index contributed by atoms with van der Waals surface area (Å²) >= 11 is 10.3. The molecule has 0 N–H and O–H groups in total. The van der Waals surface area contributed by atoms with Gasteiger partial charge in [-0.1, -0.05) is 47.7 Å². The highest BCUT2D eigenvalue weighted by molar-refractivity contribution is 9.10. The van der Waals surface area contributed by atoms with Crippen LogP contribution in [0.25, 0.3) is 6.08 Å². The number of hydrogen-bond donors (Lipinski definition) is 0. The van der Waals surface area contributed by atoms with E-state index in [1.54, 1.807) is 4.90 Å². The first-order valence-electron chi connectivity index (χ1n) is 8.16. The third kappa shape index (κ3) is 4.19. The zero-order valence-electron chi connectivity index (χ0n) is 14.7. The molecule has 1 saturated heterocycles. The molecular weight excluding hydrogens is 430 g/mol. The highest BCUT2D eigenvalue weighted by atomic mass is 79.9. The van der Waals surface area contributed by atoms with Gasteiger partial charge < -0.3 is 4.74 Å². The van der Waals surface area contributed by atoms with E-state index in [1.165, 1.54) is 11.8 Å². The van der Waals surface area contributed by atoms with Gasteiger partial charge in [0.15, 0.2) is 4.32 Å². The Bertz CT molecular complexity index is 891. The van der Waals surface area contributed by atoms with Crippen LogP contribution >= 0.6 is 39.9 Å². The maximum absolute atomic E-state index is 12.8. The van der Waals surface area contributed by atoms with Crippen molar-refractivity contribution >= 4 is 61.9 Å². The molecule has 3 nitrogen and oxygen atoms in total. The molecule has 0 unspecified atom stereocenters. The summed E-state index contributed by atoms with van der Waals surface area (Å²) in [7, 11) is 0. The molecule has 0 spiro atoms. The molecule has 26 heavy (non-hydrogen) atoms. The van der Waals surface area contributed by atoms with Crippen LogP contribution in [-0.2, 0) is 4.79 Å². The van der Waals surface area contributed by atoms with E-state index in [0.717, 1.165) is 27.0 Å². The molecule has 1 aliphatic heterocycles. The lowest BCUT2D eigenvalue weighted by atomic mass is 10.2. The van der Waals surface area contributed by atoms with Crippen molar-refractivity contribution in [2.75, 3.05) is 4.90 Å². The zero-order chi connectivity index (χ0) is 18.8. The summed E-state index contributed by atoms with van der Waals surface area (Å²) in [5.41, 5.74) is 2.85. The van der Waals surface area contributed by atoms with Gasteiger partial charge in [0.2, 0.25) is 0 Å². The number of halogens is 1. The average Bonchev–Trinajstić information content (AvgIpc) is 2.85. The minimum absolute atomic E-state index is 0.0949. The fourth-order valence-electron chi connectivity index (χ4n) is 2.49. The van der Waals surface area contributed by atoms with Crippen molar-refractivity contribution in [1.29, 1.82) is 0 Å². The minimum atomic E-state index is -0.0949. The number of ether oxygens (including phenoxy) is 1. The second-order valence-electron chi connectivity index (χ2n) is 6.21. The van der Waals surface area contributed by atoms with Crippen molar-refractivity contribution in [1.82, 2.24) is 0 Å². The van der Waals surface area contributed by atoms with Crippen LogP contribution in [0.1, 0.15) is 25.0 Å². The van der Waals surface area contributed by atoms with Crippen molar-refractivity contribution in [2.24, 2.45) is 0 Å². The third-order valence-corrected chi connectivity index (χ3v) is 5.62. The Kier molecular flexibility index (Phi) is 5.85. The molecule has 1 amide bonds. The fraction of sp³-hybridized carbons (Fsp3) is 0.200. The number of thioether (sulfide) groups is 1. The van der Waals surface area contributed by atoms with Crippen LogP contribution in [-0.4, -0.2) is 16.3 Å². The lowest BCUT2D eigenvalue weighted by molar-refractivity contribution is -0.113. The van der Waals surface area contributed by atoms with E-state index in [1.807, 2.05) is 69.3 Å². The van der Waals surface area contributed by atoms with E-state index in [0.29, 0.717) is 9.23 Å². The first-order valence-corrected chi connectivity index (χ1v) is 10.2. The number of thiocarbonyl (C=S) groups is 1. The van der Waals surface area contributed by atoms with Gasteiger partial charge in [-0.05, 0) is 72.6 Å². The normalized spacial score (nSPS) is 16.0. The maximum Gasteiger partial charge on any atom is 0.270 e. The summed E-state index contributed by atoms with van der Waals surface area (Å²) in [6.45, 7) is 5.98. The highest BCUT2D eigenvalue weighted by Gasteiger charge is 2.33. The smallest absolute Gasteiger partial charge is 0.270 e. The van der Waals surface area contributed by atoms with Crippen LogP contribution in [0.5, 0.6) is 5.75 Å². The largest absolute Gasteiger partial charge is 0.490 e. The molecule has 0 atom stereocenters. The van der Waals surface area contributed by atoms with Gasteiger partial charge in [-0.2, -0.15) is 0 Å². The predicted octanol–water partition coefficient (Wildman–Crippen LogP) is 5.95. The van der Waals surface area contributed by atoms with Gasteiger partial charge in [-0.3, -0.25) is 9.69 Å². The van der Waals surface area contributed by atoms with Crippen LogP contribution in [0.3, 0.4) is 0 Å². The van der Waals surface area contributed by atoms with Crippen LogP contribution in [0.2, 0.25) is 0 Å². The van der Waals surface area contributed by atoms with E-state index in [2.05, 4.69) is 15.9 Å². The summed E-state index contributed by atoms with van der Waals surface area (Å²) in [6, 6.07) is 13.5. The number of hydrogen-bond acceptors (Lipinski definition) is 4. The quantitative estimate of drug-likeness (QED) is 0.427. The molecule has 0 aromatic heterocycles. The molecular formula is C20H18BrNO2S2. The predicted molar refractivity (Wildman–Crippen MR) is 117 cm³/mol. The number of amides is 1. The first kappa shape index (κ1) is 19.1. The van der Waals surface area contributed by atoms with E-state index < -0.39 is 0 Å². The van der Waals surface area contributed by atoms with Crippen LogP contribution in [0, 0.1) is 6.92 Å². The lowest BCUT2D eigenvalue weighted by Crippen LogP contribution is -2.27. The SMILES string of the molecule is Cc1ccc(N2C(=O)/C(=C\c3ccc(OC(C)C)c(Br)c3)SC2=S)cc1. The second-order valence-corrected chi connectivity index (χ2v) is 8.74. The molecule has 1 heterocycles. The molecule has 134 valence electrons. The highest BCUT2D eigenvalue weighted by Crippen LogP contribution is 2.37. The molecule has 0 aliphatic carbocycles. The number of carbonyl (C=O) groups is 1. The number of benzene rings is 2. The second kappa shape index (κ2) is 7.94. The Morgan fingerprint density at radius 3 is 2.50 bits per heavy atom. The monoisotopic (exact) mass is 447 g/mol. The fourth-order valence-corrected chi connectivity index (χ4v) is 4.28. The number of rotatable bonds is 4. The molecule has 1 fully saturated rings. The molecule has 2 aromatic carbocycles. The standard InChI is InChI=1S/C20H18BrNO2S2/c1-12(2)24-17-9-6-14(10-16(17)21)11-18-19(23)22(20(25)26-18)15-7-4-13(3)5-8-15/h4-12H,1-3H3/b18-11+. The van der Waals surface area contributed by atoms with Crippen LogP contribution in [0.4, 0.5) is 5.69 Å². The van der Waals surface area contributed by atoms with E-state index in [4.69, 9.17) is 17.0 Å². The van der Waals surface area contributed by atoms with Crippen LogP contribution < -0.4 is 9.64 Å². The van der Waals surface area contributed by atoms with Gasteiger partial charge in [0.05, 0.1) is 21.2 Å². The summed E-state index contributed by atoms with van der Waals surface area (Å²) < 4.78 is 7.12. The maximum atomic E-state index is 12.8. The van der Waals surface area contributed by atoms with Crippen molar-refractivity contribution in [3.05, 3.63) is 63.0 Å². The number of anilines is 1. The number of nitrogens with zero attached hydrogens (tertiary/aromatic N) is 1.